The molecule has 120 valence electrons. The molecule has 1 unspecified atom stereocenters. The van der Waals surface area contributed by atoms with Crippen LogP contribution in [0.3, 0.4) is 0 Å². The number of hydrogen-bond donors (Lipinski definition) is 2. The van der Waals surface area contributed by atoms with Crippen molar-refractivity contribution in [2.75, 3.05) is 6.61 Å². The minimum Gasteiger partial charge on any atom is -0.480 e. The first kappa shape index (κ1) is 16.1. The molecule has 2 N–H and O–H groups in total. The molecule has 1 aromatic rings. The second-order valence-corrected chi connectivity index (χ2v) is 5.44. The SMILES string of the molecule is CC(C(=O)O)n1cccc(OCC(=O)NC2CCCC2)c1=O. The topological polar surface area (TPSA) is 97.6 Å². The summed E-state index contributed by atoms with van der Waals surface area (Å²) in [6.45, 7) is 1.15. The first-order valence-electron chi connectivity index (χ1n) is 7.35. The highest BCUT2D eigenvalue weighted by atomic mass is 16.5. The summed E-state index contributed by atoms with van der Waals surface area (Å²) in [5, 5.41) is 11.8. The van der Waals surface area contributed by atoms with Crippen molar-refractivity contribution in [2.24, 2.45) is 0 Å². The van der Waals surface area contributed by atoms with Crippen LogP contribution in [-0.2, 0) is 9.59 Å². The molecule has 1 saturated carbocycles. The van der Waals surface area contributed by atoms with Crippen LogP contribution in [0.2, 0.25) is 0 Å². The Kier molecular flexibility index (Phi) is 5.19. The van der Waals surface area contributed by atoms with Crippen LogP contribution in [0, 0.1) is 0 Å². The average molecular weight is 308 g/mol. The minimum absolute atomic E-state index is 0.0304. The lowest BCUT2D eigenvalue weighted by atomic mass is 10.2. The van der Waals surface area contributed by atoms with E-state index in [-0.39, 0.29) is 24.3 Å². The Morgan fingerprint density at radius 1 is 1.45 bits per heavy atom. The number of carboxylic acids is 1. The molecule has 0 aliphatic heterocycles. The number of hydrogen-bond acceptors (Lipinski definition) is 4. The van der Waals surface area contributed by atoms with E-state index in [0.29, 0.717) is 0 Å². The molecule has 1 aliphatic carbocycles. The lowest BCUT2D eigenvalue weighted by molar-refractivity contribution is -0.140. The number of ether oxygens (including phenoxy) is 1. The molecule has 22 heavy (non-hydrogen) atoms. The van der Waals surface area contributed by atoms with Crippen molar-refractivity contribution in [3.63, 3.8) is 0 Å². The molecule has 1 atom stereocenters. The number of nitrogens with one attached hydrogen (secondary N) is 1. The normalized spacial score (nSPS) is 16.2. The summed E-state index contributed by atoms with van der Waals surface area (Å²) in [6, 6.07) is 2.14. The summed E-state index contributed by atoms with van der Waals surface area (Å²) >= 11 is 0. The number of aromatic nitrogens is 1. The average Bonchev–Trinajstić information content (AvgIpc) is 2.98. The Balaban J connectivity index is 1.98. The van der Waals surface area contributed by atoms with Crippen molar-refractivity contribution >= 4 is 11.9 Å². The van der Waals surface area contributed by atoms with E-state index in [1.807, 2.05) is 0 Å². The quantitative estimate of drug-likeness (QED) is 0.815. The van der Waals surface area contributed by atoms with Crippen molar-refractivity contribution < 1.29 is 19.4 Å². The molecule has 0 bridgehead atoms. The van der Waals surface area contributed by atoms with Crippen LogP contribution in [0.1, 0.15) is 38.6 Å². The Morgan fingerprint density at radius 2 is 2.14 bits per heavy atom. The largest absolute Gasteiger partial charge is 0.480 e. The van der Waals surface area contributed by atoms with Gasteiger partial charge in [0.05, 0.1) is 0 Å². The van der Waals surface area contributed by atoms with Gasteiger partial charge >= 0.3 is 5.97 Å². The Hall–Kier alpha value is -2.31. The van der Waals surface area contributed by atoms with Gasteiger partial charge in [0, 0.05) is 12.2 Å². The monoisotopic (exact) mass is 308 g/mol. The van der Waals surface area contributed by atoms with Gasteiger partial charge in [0.1, 0.15) is 6.04 Å². The van der Waals surface area contributed by atoms with Gasteiger partial charge in [-0.05, 0) is 31.9 Å². The maximum absolute atomic E-state index is 12.1. The van der Waals surface area contributed by atoms with Gasteiger partial charge in [-0.3, -0.25) is 14.2 Å². The van der Waals surface area contributed by atoms with Crippen LogP contribution in [0.4, 0.5) is 0 Å². The van der Waals surface area contributed by atoms with Crippen molar-refractivity contribution in [3.05, 3.63) is 28.7 Å². The molecular weight excluding hydrogens is 288 g/mol. The third kappa shape index (κ3) is 3.87. The number of pyridine rings is 1. The van der Waals surface area contributed by atoms with Gasteiger partial charge in [-0.1, -0.05) is 12.8 Å². The fraction of sp³-hybridized carbons (Fsp3) is 0.533. The smallest absolute Gasteiger partial charge is 0.326 e. The second-order valence-electron chi connectivity index (χ2n) is 5.44. The van der Waals surface area contributed by atoms with E-state index in [1.165, 1.54) is 25.3 Å². The van der Waals surface area contributed by atoms with Crippen molar-refractivity contribution in [2.45, 2.75) is 44.7 Å². The van der Waals surface area contributed by atoms with Gasteiger partial charge < -0.3 is 15.2 Å². The Bertz CT molecular complexity index is 604. The molecule has 7 nitrogen and oxygen atoms in total. The maximum Gasteiger partial charge on any atom is 0.326 e. The number of carbonyl (C=O) groups is 2. The fourth-order valence-electron chi connectivity index (χ4n) is 2.51. The van der Waals surface area contributed by atoms with E-state index in [2.05, 4.69) is 5.32 Å². The van der Waals surface area contributed by atoms with Gasteiger partial charge in [-0.2, -0.15) is 0 Å². The third-order valence-corrected chi connectivity index (χ3v) is 3.79. The molecule has 7 heteroatoms. The highest BCUT2D eigenvalue weighted by Gasteiger charge is 2.19. The highest BCUT2D eigenvalue weighted by Crippen LogP contribution is 2.17. The summed E-state index contributed by atoms with van der Waals surface area (Å²) in [6.07, 6.45) is 5.55. The molecular formula is C15H20N2O5. The molecule has 1 fully saturated rings. The summed E-state index contributed by atoms with van der Waals surface area (Å²) in [5.41, 5.74) is -0.564. The summed E-state index contributed by atoms with van der Waals surface area (Å²) < 4.78 is 6.30. The number of aliphatic carboxylic acids is 1. The molecule has 0 aromatic carbocycles. The van der Waals surface area contributed by atoms with E-state index in [9.17, 15) is 14.4 Å². The highest BCUT2D eigenvalue weighted by molar-refractivity contribution is 5.77. The predicted octanol–water partition coefficient (Wildman–Crippen LogP) is 0.931. The van der Waals surface area contributed by atoms with E-state index >= 15 is 0 Å². The zero-order valence-electron chi connectivity index (χ0n) is 12.4. The molecule has 1 aromatic heterocycles. The summed E-state index contributed by atoms with van der Waals surface area (Å²) in [5.74, 6) is -1.41. The molecule has 1 heterocycles. The zero-order chi connectivity index (χ0) is 16.1. The minimum atomic E-state index is -1.11. The van der Waals surface area contributed by atoms with Gasteiger partial charge in [0.15, 0.2) is 12.4 Å². The molecule has 2 rings (SSSR count). The van der Waals surface area contributed by atoms with E-state index in [4.69, 9.17) is 9.84 Å². The summed E-state index contributed by atoms with van der Waals surface area (Å²) in [7, 11) is 0. The van der Waals surface area contributed by atoms with Gasteiger partial charge in [0.2, 0.25) is 0 Å². The van der Waals surface area contributed by atoms with Crippen LogP contribution in [0.25, 0.3) is 0 Å². The lowest BCUT2D eigenvalue weighted by Gasteiger charge is -2.14. The molecule has 0 saturated heterocycles. The fourth-order valence-corrected chi connectivity index (χ4v) is 2.51. The summed E-state index contributed by atoms with van der Waals surface area (Å²) in [4.78, 5) is 34.8. The van der Waals surface area contributed by atoms with Gasteiger partial charge in [0.25, 0.3) is 11.5 Å². The first-order chi connectivity index (χ1) is 10.5. The van der Waals surface area contributed by atoms with Crippen molar-refractivity contribution in [3.8, 4) is 5.75 Å². The van der Waals surface area contributed by atoms with Gasteiger partial charge in [-0.15, -0.1) is 0 Å². The Labute approximate surface area is 127 Å². The molecule has 1 amide bonds. The Morgan fingerprint density at radius 3 is 2.77 bits per heavy atom. The van der Waals surface area contributed by atoms with Crippen LogP contribution in [-0.4, -0.2) is 34.2 Å². The third-order valence-electron chi connectivity index (χ3n) is 3.79. The van der Waals surface area contributed by atoms with Crippen LogP contribution >= 0.6 is 0 Å². The van der Waals surface area contributed by atoms with Crippen molar-refractivity contribution in [1.82, 2.24) is 9.88 Å². The number of carboxylic acid groups (broad SMARTS) is 1. The van der Waals surface area contributed by atoms with Crippen molar-refractivity contribution in [1.29, 1.82) is 0 Å². The number of nitrogens with zero attached hydrogens (tertiary/aromatic N) is 1. The molecule has 1 aliphatic rings. The lowest BCUT2D eigenvalue weighted by Crippen LogP contribution is -2.37. The number of amides is 1. The number of carbonyl (C=O) groups excluding carboxylic acids is 1. The predicted molar refractivity (Wildman–Crippen MR) is 78.9 cm³/mol. The van der Waals surface area contributed by atoms with Gasteiger partial charge in [-0.25, -0.2) is 4.79 Å². The molecule has 0 spiro atoms. The number of rotatable bonds is 6. The standard InChI is InChI=1S/C15H20N2O5/c1-10(15(20)21)17-8-4-7-12(14(17)19)22-9-13(18)16-11-5-2-3-6-11/h4,7-8,10-11H,2-3,5-6,9H2,1H3,(H,16,18)(H,20,21). The molecule has 0 radical (unpaired) electrons. The van der Waals surface area contributed by atoms with E-state index in [1.54, 1.807) is 0 Å². The van der Waals surface area contributed by atoms with Crippen LogP contribution in [0.15, 0.2) is 23.1 Å². The second kappa shape index (κ2) is 7.11. The van der Waals surface area contributed by atoms with Crippen LogP contribution < -0.4 is 15.6 Å². The zero-order valence-corrected chi connectivity index (χ0v) is 12.4. The van der Waals surface area contributed by atoms with E-state index < -0.39 is 17.6 Å². The van der Waals surface area contributed by atoms with E-state index in [0.717, 1.165) is 30.3 Å². The first-order valence-corrected chi connectivity index (χ1v) is 7.35. The maximum atomic E-state index is 12.1. The van der Waals surface area contributed by atoms with Crippen LogP contribution in [0.5, 0.6) is 5.75 Å².